The zero-order valence-electron chi connectivity index (χ0n) is 7.63. The van der Waals surface area contributed by atoms with Crippen LogP contribution >= 0.6 is 15.9 Å². The first-order valence-electron chi connectivity index (χ1n) is 4.26. The van der Waals surface area contributed by atoms with E-state index in [0.717, 1.165) is 10.2 Å². The van der Waals surface area contributed by atoms with Crippen LogP contribution in [0.15, 0.2) is 22.7 Å². The minimum atomic E-state index is -0.489. The van der Waals surface area contributed by atoms with Gasteiger partial charge in [-0.15, -0.1) is 0 Å². The Morgan fingerprint density at radius 1 is 1.46 bits per heavy atom. The van der Waals surface area contributed by atoms with Crippen LogP contribution in [0.2, 0.25) is 0 Å². The Bertz CT molecular complexity index is 349. The molecule has 1 unspecified atom stereocenters. The molecule has 2 rings (SSSR count). The fraction of sp³-hybridized carbons (Fsp3) is 0.400. The fourth-order valence-corrected chi connectivity index (χ4v) is 2.03. The van der Waals surface area contributed by atoms with Gasteiger partial charge in [0.1, 0.15) is 6.23 Å². The fourth-order valence-electron chi connectivity index (χ4n) is 1.67. The molecule has 0 fully saturated rings. The van der Waals surface area contributed by atoms with Gasteiger partial charge < -0.3 is 10.4 Å². The van der Waals surface area contributed by atoms with Gasteiger partial charge in [-0.1, -0.05) is 35.8 Å². The van der Waals surface area contributed by atoms with E-state index in [-0.39, 0.29) is 5.41 Å². The summed E-state index contributed by atoms with van der Waals surface area (Å²) in [6, 6.07) is 6.04. The summed E-state index contributed by atoms with van der Waals surface area (Å²) in [5, 5.41) is 12.8. The SMILES string of the molecule is CC1(C)c2ccc(Br)cc2NC1O. The molecule has 1 aliphatic rings. The second-order valence-electron chi connectivity index (χ2n) is 3.96. The van der Waals surface area contributed by atoms with Gasteiger partial charge in [-0.3, -0.25) is 0 Å². The molecule has 0 aliphatic carbocycles. The third-order valence-corrected chi connectivity index (χ3v) is 3.14. The number of fused-ring (bicyclic) bond motifs is 1. The molecular formula is C10H12BrNO. The zero-order chi connectivity index (χ0) is 9.64. The summed E-state index contributed by atoms with van der Waals surface area (Å²) in [6.07, 6.45) is -0.489. The van der Waals surface area contributed by atoms with Gasteiger partial charge in [-0.2, -0.15) is 0 Å². The van der Waals surface area contributed by atoms with Crippen LogP contribution in [0.3, 0.4) is 0 Å². The summed E-state index contributed by atoms with van der Waals surface area (Å²) < 4.78 is 1.03. The van der Waals surface area contributed by atoms with Gasteiger partial charge in [0.25, 0.3) is 0 Å². The molecule has 0 aromatic heterocycles. The first kappa shape index (κ1) is 9.03. The third kappa shape index (κ3) is 1.27. The highest BCUT2D eigenvalue weighted by Gasteiger charge is 2.37. The largest absolute Gasteiger partial charge is 0.373 e. The van der Waals surface area contributed by atoms with Gasteiger partial charge in [0.05, 0.1) is 0 Å². The van der Waals surface area contributed by atoms with Gasteiger partial charge in [0.2, 0.25) is 0 Å². The topological polar surface area (TPSA) is 32.3 Å². The smallest absolute Gasteiger partial charge is 0.133 e. The van der Waals surface area contributed by atoms with E-state index in [1.165, 1.54) is 5.56 Å². The Labute approximate surface area is 86.1 Å². The Balaban J connectivity index is 2.55. The van der Waals surface area contributed by atoms with Gasteiger partial charge in [0.15, 0.2) is 0 Å². The molecule has 1 aromatic carbocycles. The molecule has 0 bridgehead atoms. The molecule has 0 saturated heterocycles. The Kier molecular flexibility index (Phi) is 1.89. The lowest BCUT2D eigenvalue weighted by molar-refractivity contribution is 0.137. The van der Waals surface area contributed by atoms with Crippen molar-refractivity contribution in [3.05, 3.63) is 28.2 Å². The van der Waals surface area contributed by atoms with E-state index < -0.39 is 6.23 Å². The standard InChI is InChI=1S/C10H12BrNO/c1-10(2)7-4-3-6(11)5-8(7)12-9(10)13/h3-5,9,12-13H,1-2H3. The minimum absolute atomic E-state index is 0.198. The van der Waals surface area contributed by atoms with Gasteiger partial charge >= 0.3 is 0 Å². The lowest BCUT2D eigenvalue weighted by Gasteiger charge is -2.22. The zero-order valence-corrected chi connectivity index (χ0v) is 9.22. The van der Waals surface area contributed by atoms with Crippen LogP contribution in [0, 0.1) is 0 Å². The summed E-state index contributed by atoms with van der Waals surface area (Å²) in [4.78, 5) is 0. The number of rotatable bonds is 0. The predicted octanol–water partition coefficient (Wildman–Crippen LogP) is 2.47. The van der Waals surface area contributed by atoms with Gasteiger partial charge in [-0.25, -0.2) is 0 Å². The average Bonchev–Trinajstić information content (AvgIpc) is 2.23. The minimum Gasteiger partial charge on any atom is -0.373 e. The third-order valence-electron chi connectivity index (χ3n) is 2.65. The molecular weight excluding hydrogens is 230 g/mol. The number of aliphatic hydroxyl groups excluding tert-OH is 1. The van der Waals surface area contributed by atoms with Crippen LogP contribution in [0.4, 0.5) is 5.69 Å². The maximum absolute atomic E-state index is 9.74. The quantitative estimate of drug-likeness (QED) is 0.732. The molecule has 0 spiro atoms. The maximum Gasteiger partial charge on any atom is 0.133 e. The van der Waals surface area contributed by atoms with E-state index in [0.29, 0.717) is 0 Å². The number of aliphatic hydroxyl groups is 1. The number of benzene rings is 1. The number of halogens is 1. The van der Waals surface area contributed by atoms with Crippen molar-refractivity contribution >= 4 is 21.6 Å². The van der Waals surface area contributed by atoms with E-state index in [4.69, 9.17) is 0 Å². The van der Waals surface area contributed by atoms with Crippen LogP contribution < -0.4 is 5.32 Å². The Morgan fingerprint density at radius 2 is 2.15 bits per heavy atom. The maximum atomic E-state index is 9.74. The lowest BCUT2D eigenvalue weighted by Crippen LogP contribution is -2.32. The normalized spacial score (nSPS) is 23.8. The van der Waals surface area contributed by atoms with Crippen molar-refractivity contribution in [1.82, 2.24) is 0 Å². The summed E-state index contributed by atoms with van der Waals surface area (Å²) in [7, 11) is 0. The van der Waals surface area contributed by atoms with Crippen LogP contribution in [0.25, 0.3) is 0 Å². The number of anilines is 1. The van der Waals surface area contributed by atoms with Crippen LogP contribution in [0.1, 0.15) is 19.4 Å². The van der Waals surface area contributed by atoms with E-state index in [1.54, 1.807) is 0 Å². The van der Waals surface area contributed by atoms with Crippen molar-refractivity contribution in [1.29, 1.82) is 0 Å². The molecule has 0 saturated carbocycles. The highest BCUT2D eigenvalue weighted by Crippen LogP contribution is 2.40. The van der Waals surface area contributed by atoms with Crippen molar-refractivity contribution in [2.24, 2.45) is 0 Å². The van der Waals surface area contributed by atoms with Crippen molar-refractivity contribution in [2.45, 2.75) is 25.5 Å². The highest BCUT2D eigenvalue weighted by atomic mass is 79.9. The lowest BCUT2D eigenvalue weighted by atomic mass is 9.85. The first-order valence-corrected chi connectivity index (χ1v) is 5.06. The monoisotopic (exact) mass is 241 g/mol. The predicted molar refractivity (Wildman–Crippen MR) is 56.8 cm³/mol. The molecule has 0 radical (unpaired) electrons. The van der Waals surface area contributed by atoms with Crippen molar-refractivity contribution in [3.8, 4) is 0 Å². The van der Waals surface area contributed by atoms with Crippen molar-refractivity contribution in [3.63, 3.8) is 0 Å². The van der Waals surface area contributed by atoms with E-state index in [2.05, 4.69) is 21.2 Å². The molecule has 70 valence electrons. The molecule has 13 heavy (non-hydrogen) atoms. The molecule has 1 aromatic rings. The second-order valence-corrected chi connectivity index (χ2v) is 4.87. The molecule has 1 aliphatic heterocycles. The van der Waals surface area contributed by atoms with Crippen LogP contribution in [-0.2, 0) is 5.41 Å². The van der Waals surface area contributed by atoms with Gasteiger partial charge in [0, 0.05) is 15.6 Å². The van der Waals surface area contributed by atoms with E-state index in [1.807, 2.05) is 32.0 Å². The highest BCUT2D eigenvalue weighted by molar-refractivity contribution is 9.10. The molecule has 0 amide bonds. The Hall–Kier alpha value is -0.540. The average molecular weight is 242 g/mol. The summed E-state index contributed by atoms with van der Waals surface area (Å²) in [5.74, 6) is 0. The number of nitrogens with one attached hydrogen (secondary N) is 1. The second kappa shape index (κ2) is 2.72. The Morgan fingerprint density at radius 3 is 2.85 bits per heavy atom. The summed E-state index contributed by atoms with van der Waals surface area (Å²) in [5.41, 5.74) is 1.99. The summed E-state index contributed by atoms with van der Waals surface area (Å²) in [6.45, 7) is 4.06. The van der Waals surface area contributed by atoms with E-state index in [9.17, 15) is 5.11 Å². The number of hydrogen-bond acceptors (Lipinski definition) is 2. The van der Waals surface area contributed by atoms with Crippen LogP contribution in [0.5, 0.6) is 0 Å². The van der Waals surface area contributed by atoms with Crippen molar-refractivity contribution < 1.29 is 5.11 Å². The molecule has 2 nitrogen and oxygen atoms in total. The number of hydrogen-bond donors (Lipinski definition) is 2. The first-order chi connectivity index (χ1) is 6.01. The van der Waals surface area contributed by atoms with Crippen molar-refractivity contribution in [2.75, 3.05) is 5.32 Å². The van der Waals surface area contributed by atoms with E-state index >= 15 is 0 Å². The molecule has 3 heteroatoms. The molecule has 2 N–H and O–H groups in total. The molecule has 1 atom stereocenters. The van der Waals surface area contributed by atoms with Gasteiger partial charge in [-0.05, 0) is 17.7 Å². The van der Waals surface area contributed by atoms with Crippen LogP contribution in [-0.4, -0.2) is 11.3 Å². The summed E-state index contributed by atoms with van der Waals surface area (Å²) >= 11 is 3.40. The molecule has 1 heterocycles.